The zero-order chi connectivity index (χ0) is 51.4. The number of aliphatic hydroxyl groups is 2. The molecule has 0 aliphatic rings. The number of allylic oxidation sites excluding steroid dienone is 2. The zero-order valence-corrected chi connectivity index (χ0v) is 48.2. The van der Waals surface area contributed by atoms with Crippen LogP contribution in [0.1, 0.15) is 367 Å². The molecule has 71 heavy (non-hydrogen) atoms. The third-order valence-electron chi connectivity index (χ3n) is 15.3. The van der Waals surface area contributed by atoms with Crippen molar-refractivity contribution >= 4 is 11.9 Å². The zero-order valence-electron chi connectivity index (χ0n) is 48.2. The van der Waals surface area contributed by atoms with Crippen LogP contribution < -0.4 is 5.32 Å². The Bertz CT molecular complexity index is 1060. The third kappa shape index (κ3) is 57.7. The highest BCUT2D eigenvalue weighted by atomic mass is 16.5. The lowest BCUT2D eigenvalue weighted by Crippen LogP contribution is -2.45. The molecule has 0 saturated heterocycles. The summed E-state index contributed by atoms with van der Waals surface area (Å²) in [6, 6.07) is -0.544. The molecular formula is C65H127NO5. The van der Waals surface area contributed by atoms with E-state index in [1.165, 1.54) is 289 Å². The molecule has 0 aliphatic carbocycles. The van der Waals surface area contributed by atoms with Crippen LogP contribution in [0.4, 0.5) is 0 Å². The van der Waals surface area contributed by atoms with Gasteiger partial charge in [0.25, 0.3) is 0 Å². The van der Waals surface area contributed by atoms with Gasteiger partial charge in [-0.05, 0) is 51.4 Å². The van der Waals surface area contributed by atoms with Crippen LogP contribution in [-0.2, 0) is 14.3 Å². The van der Waals surface area contributed by atoms with Crippen molar-refractivity contribution in [3.63, 3.8) is 0 Å². The van der Waals surface area contributed by atoms with Gasteiger partial charge in [-0.3, -0.25) is 9.59 Å². The first-order valence-corrected chi connectivity index (χ1v) is 32.4. The molecule has 0 bridgehead atoms. The maximum atomic E-state index is 12.5. The van der Waals surface area contributed by atoms with E-state index < -0.39 is 12.1 Å². The van der Waals surface area contributed by atoms with Crippen LogP contribution in [0.5, 0.6) is 0 Å². The largest absolute Gasteiger partial charge is 0.466 e. The number of amides is 1. The molecule has 0 spiro atoms. The molecule has 422 valence electrons. The van der Waals surface area contributed by atoms with Crippen molar-refractivity contribution in [1.82, 2.24) is 5.32 Å². The van der Waals surface area contributed by atoms with E-state index in [9.17, 15) is 19.8 Å². The Morgan fingerprint density at radius 3 is 1.03 bits per heavy atom. The van der Waals surface area contributed by atoms with E-state index in [2.05, 4.69) is 31.3 Å². The number of carbonyl (C=O) groups is 2. The van der Waals surface area contributed by atoms with E-state index >= 15 is 0 Å². The van der Waals surface area contributed by atoms with Gasteiger partial charge in [0.15, 0.2) is 0 Å². The van der Waals surface area contributed by atoms with Gasteiger partial charge in [0.1, 0.15) is 0 Å². The minimum atomic E-state index is -0.667. The normalized spacial score (nSPS) is 12.6. The maximum Gasteiger partial charge on any atom is 0.305 e. The Kier molecular flexibility index (Phi) is 59.9. The van der Waals surface area contributed by atoms with E-state index in [-0.39, 0.29) is 18.5 Å². The summed E-state index contributed by atoms with van der Waals surface area (Å²) in [6.07, 6.45) is 73.7. The number of nitrogens with one attached hydrogen (secondary N) is 1. The Balaban J connectivity index is 3.40. The molecule has 6 nitrogen and oxygen atoms in total. The molecular weight excluding hydrogens is 875 g/mol. The fourth-order valence-corrected chi connectivity index (χ4v) is 10.3. The van der Waals surface area contributed by atoms with Crippen molar-refractivity contribution in [2.24, 2.45) is 0 Å². The molecule has 2 atom stereocenters. The molecule has 0 saturated carbocycles. The predicted octanol–water partition coefficient (Wildman–Crippen LogP) is 20.4. The number of ether oxygens (including phenoxy) is 1. The van der Waals surface area contributed by atoms with Crippen molar-refractivity contribution < 1.29 is 24.5 Å². The summed E-state index contributed by atoms with van der Waals surface area (Å²) >= 11 is 0. The number of unbranched alkanes of at least 4 members (excludes halogenated alkanes) is 48. The molecule has 0 aromatic heterocycles. The third-order valence-corrected chi connectivity index (χ3v) is 15.3. The van der Waals surface area contributed by atoms with E-state index in [1.54, 1.807) is 0 Å². The molecule has 0 fully saturated rings. The average molecular weight is 1000 g/mol. The summed E-state index contributed by atoms with van der Waals surface area (Å²) in [4.78, 5) is 24.6. The van der Waals surface area contributed by atoms with Crippen molar-refractivity contribution in [2.75, 3.05) is 13.2 Å². The van der Waals surface area contributed by atoms with E-state index in [0.717, 1.165) is 44.9 Å². The minimum absolute atomic E-state index is 0.0000346. The molecule has 0 aromatic rings. The number of carbonyl (C=O) groups excluding carboxylic acids is 2. The van der Waals surface area contributed by atoms with Gasteiger partial charge in [0, 0.05) is 12.8 Å². The monoisotopic (exact) mass is 1000 g/mol. The molecule has 0 heterocycles. The van der Waals surface area contributed by atoms with Crippen LogP contribution in [0.3, 0.4) is 0 Å². The number of esters is 1. The summed E-state index contributed by atoms with van der Waals surface area (Å²) in [5.74, 6) is -0.0334. The molecule has 3 N–H and O–H groups in total. The lowest BCUT2D eigenvalue weighted by Gasteiger charge is -2.22. The fourth-order valence-electron chi connectivity index (χ4n) is 10.3. The first-order chi connectivity index (χ1) is 35.0. The van der Waals surface area contributed by atoms with E-state index in [4.69, 9.17) is 4.74 Å². The molecule has 6 heteroatoms. The van der Waals surface area contributed by atoms with Gasteiger partial charge < -0.3 is 20.3 Å². The quantitative estimate of drug-likeness (QED) is 0.0320. The second-order valence-electron chi connectivity index (χ2n) is 22.5. The van der Waals surface area contributed by atoms with Crippen LogP contribution in [0, 0.1) is 0 Å². The lowest BCUT2D eigenvalue weighted by atomic mass is 10.0. The summed E-state index contributed by atoms with van der Waals surface area (Å²) < 4.78 is 5.47. The highest BCUT2D eigenvalue weighted by molar-refractivity contribution is 5.76. The van der Waals surface area contributed by atoms with Crippen LogP contribution in [-0.4, -0.2) is 47.4 Å². The second kappa shape index (κ2) is 61.1. The second-order valence-corrected chi connectivity index (χ2v) is 22.5. The molecule has 0 aliphatic heterocycles. The maximum absolute atomic E-state index is 12.5. The number of aliphatic hydroxyl groups excluding tert-OH is 2. The summed E-state index contributed by atoms with van der Waals surface area (Å²) in [6.45, 7) is 4.95. The van der Waals surface area contributed by atoms with Crippen molar-refractivity contribution in [3.05, 3.63) is 12.2 Å². The molecule has 0 rings (SSSR count). The van der Waals surface area contributed by atoms with Crippen LogP contribution in [0.25, 0.3) is 0 Å². The molecule has 0 radical (unpaired) electrons. The smallest absolute Gasteiger partial charge is 0.305 e. The Labute approximate surface area is 444 Å². The molecule has 0 aromatic carbocycles. The Morgan fingerprint density at radius 2 is 0.662 bits per heavy atom. The summed E-state index contributed by atoms with van der Waals surface area (Å²) in [5.41, 5.74) is 0. The van der Waals surface area contributed by atoms with Gasteiger partial charge in [-0.1, -0.05) is 315 Å². The highest BCUT2D eigenvalue weighted by Gasteiger charge is 2.20. The Hall–Kier alpha value is -1.40. The topological polar surface area (TPSA) is 95.9 Å². The number of hydrogen-bond donors (Lipinski definition) is 3. The summed E-state index contributed by atoms with van der Waals surface area (Å²) in [7, 11) is 0. The van der Waals surface area contributed by atoms with Gasteiger partial charge in [0.2, 0.25) is 5.91 Å². The van der Waals surface area contributed by atoms with E-state index in [1.807, 2.05) is 0 Å². The minimum Gasteiger partial charge on any atom is -0.466 e. The number of hydrogen-bond acceptors (Lipinski definition) is 5. The van der Waals surface area contributed by atoms with Gasteiger partial charge >= 0.3 is 5.97 Å². The van der Waals surface area contributed by atoms with Crippen molar-refractivity contribution in [1.29, 1.82) is 0 Å². The Morgan fingerprint density at radius 1 is 0.380 bits per heavy atom. The van der Waals surface area contributed by atoms with Gasteiger partial charge in [-0.25, -0.2) is 0 Å². The van der Waals surface area contributed by atoms with Crippen LogP contribution >= 0.6 is 0 Å². The predicted molar refractivity (Wildman–Crippen MR) is 310 cm³/mol. The van der Waals surface area contributed by atoms with Gasteiger partial charge in [-0.2, -0.15) is 0 Å². The van der Waals surface area contributed by atoms with Crippen molar-refractivity contribution in [2.45, 2.75) is 379 Å². The SMILES string of the molecule is CCCCC/C=C\CCCCCCCC(=O)OCCCCCCCCCCCCCCCCCCCCCC(=O)NC(CO)C(O)CCCCCCCCCCCCCCCCCCCCCCCCC. The molecule has 1 amide bonds. The summed E-state index contributed by atoms with van der Waals surface area (Å²) in [5, 5.41) is 23.4. The van der Waals surface area contributed by atoms with Crippen LogP contribution in [0.2, 0.25) is 0 Å². The first kappa shape index (κ1) is 69.6. The lowest BCUT2D eigenvalue weighted by molar-refractivity contribution is -0.143. The van der Waals surface area contributed by atoms with E-state index in [0.29, 0.717) is 25.9 Å². The van der Waals surface area contributed by atoms with Gasteiger partial charge in [0.05, 0.1) is 25.4 Å². The van der Waals surface area contributed by atoms with Gasteiger partial charge in [-0.15, -0.1) is 0 Å². The highest BCUT2D eigenvalue weighted by Crippen LogP contribution is 2.19. The molecule has 2 unspecified atom stereocenters. The van der Waals surface area contributed by atoms with Crippen LogP contribution in [0.15, 0.2) is 12.2 Å². The standard InChI is InChI=1S/C65H127NO5/c1-3-5-7-9-11-13-15-17-18-19-20-21-22-23-25-28-31-34-37-41-45-49-53-57-63(68)62(61-67)66-64(69)58-54-50-46-42-38-35-32-29-26-24-27-30-33-36-40-44-48-52-56-60-71-65(70)59-55-51-47-43-39-16-14-12-10-8-6-4-2/h12,14,62-63,67-68H,3-11,13,15-61H2,1-2H3,(H,66,69)/b14-12-. The number of rotatable bonds is 61. The fraction of sp³-hybridized carbons (Fsp3) is 0.938. The first-order valence-electron chi connectivity index (χ1n) is 32.4. The van der Waals surface area contributed by atoms with Crippen molar-refractivity contribution in [3.8, 4) is 0 Å². The average Bonchev–Trinajstić information content (AvgIpc) is 3.37.